The fraction of sp³-hybridized carbons (Fsp3) is 0.333. The first-order valence-corrected chi connectivity index (χ1v) is 12.1. The van der Waals surface area contributed by atoms with Crippen LogP contribution in [0, 0.1) is 31.4 Å². The molecule has 31 heavy (non-hydrogen) atoms. The third kappa shape index (κ3) is 4.19. The van der Waals surface area contributed by atoms with Crippen molar-refractivity contribution in [3.8, 4) is 0 Å². The second-order valence-corrected chi connectivity index (χ2v) is 10.5. The lowest BCUT2D eigenvalue weighted by Gasteiger charge is -2.30. The average Bonchev–Trinajstić information content (AvgIpc) is 3.15. The summed E-state index contributed by atoms with van der Waals surface area (Å²) in [5.74, 6) is -2.55. The van der Waals surface area contributed by atoms with E-state index in [1.165, 1.54) is 11.3 Å². The molecule has 2 aromatic carbocycles. The predicted octanol–water partition coefficient (Wildman–Crippen LogP) is 4.23. The minimum absolute atomic E-state index is 0.0787. The van der Waals surface area contributed by atoms with E-state index < -0.39 is 26.6 Å². The smallest absolute Gasteiger partial charge is 0.245 e. The van der Waals surface area contributed by atoms with Gasteiger partial charge in [0.05, 0.1) is 10.2 Å². The molecule has 0 saturated carbocycles. The number of aryl methyl sites for hydroxylation is 2. The molecule has 1 aromatic heterocycles. The van der Waals surface area contributed by atoms with E-state index in [0.717, 1.165) is 37.8 Å². The number of rotatable bonds is 4. The van der Waals surface area contributed by atoms with Crippen LogP contribution in [0.25, 0.3) is 10.2 Å². The molecule has 0 aliphatic carbocycles. The fourth-order valence-electron chi connectivity index (χ4n) is 3.70. The number of halogens is 2. The van der Waals surface area contributed by atoms with Crippen molar-refractivity contribution in [2.75, 3.05) is 18.4 Å². The molecule has 1 N–H and O–H groups in total. The Hall–Kier alpha value is -2.43. The van der Waals surface area contributed by atoms with Crippen molar-refractivity contribution in [1.29, 1.82) is 0 Å². The maximum atomic E-state index is 14.0. The highest BCUT2D eigenvalue weighted by Crippen LogP contribution is 2.32. The lowest BCUT2D eigenvalue weighted by Crippen LogP contribution is -2.41. The maximum Gasteiger partial charge on any atom is 0.245 e. The van der Waals surface area contributed by atoms with E-state index in [1.807, 2.05) is 26.0 Å². The molecule has 10 heteroatoms. The number of hydrogen-bond acceptors (Lipinski definition) is 5. The number of nitrogens with zero attached hydrogens (tertiary/aromatic N) is 2. The number of anilines is 1. The van der Waals surface area contributed by atoms with E-state index in [0.29, 0.717) is 24.0 Å². The summed E-state index contributed by atoms with van der Waals surface area (Å²) >= 11 is 1.41. The predicted molar refractivity (Wildman–Crippen MR) is 116 cm³/mol. The third-order valence-corrected chi connectivity index (χ3v) is 8.55. The van der Waals surface area contributed by atoms with Gasteiger partial charge in [0, 0.05) is 25.1 Å². The first-order valence-electron chi connectivity index (χ1n) is 9.79. The van der Waals surface area contributed by atoms with E-state index >= 15 is 0 Å². The Kier molecular flexibility index (Phi) is 5.80. The van der Waals surface area contributed by atoms with E-state index in [-0.39, 0.29) is 24.9 Å². The number of amides is 1. The van der Waals surface area contributed by atoms with Gasteiger partial charge in [0.15, 0.2) is 5.13 Å². The van der Waals surface area contributed by atoms with Crippen LogP contribution in [0.1, 0.15) is 24.0 Å². The van der Waals surface area contributed by atoms with Crippen molar-refractivity contribution in [2.45, 2.75) is 31.6 Å². The fourth-order valence-corrected chi connectivity index (χ4v) is 6.23. The van der Waals surface area contributed by atoms with Crippen LogP contribution in [-0.2, 0) is 14.8 Å². The van der Waals surface area contributed by atoms with Crippen molar-refractivity contribution < 1.29 is 22.0 Å². The monoisotopic (exact) mass is 465 g/mol. The lowest BCUT2D eigenvalue weighted by molar-refractivity contribution is -0.120. The second kappa shape index (κ2) is 8.25. The molecule has 4 rings (SSSR count). The Morgan fingerprint density at radius 3 is 2.45 bits per heavy atom. The minimum atomic E-state index is -4.09. The van der Waals surface area contributed by atoms with Crippen molar-refractivity contribution in [3.63, 3.8) is 0 Å². The van der Waals surface area contributed by atoms with Crippen LogP contribution in [-0.4, -0.2) is 36.7 Å². The Bertz CT molecular complexity index is 1230. The summed E-state index contributed by atoms with van der Waals surface area (Å²) in [6, 6.07) is 6.40. The maximum absolute atomic E-state index is 14.0. The van der Waals surface area contributed by atoms with E-state index in [9.17, 15) is 22.0 Å². The average molecular weight is 466 g/mol. The highest BCUT2D eigenvalue weighted by atomic mass is 32.2. The Morgan fingerprint density at radius 1 is 1.13 bits per heavy atom. The Labute approximate surface area is 183 Å². The molecule has 2 heterocycles. The normalized spacial score (nSPS) is 16.0. The number of hydrogen-bond donors (Lipinski definition) is 1. The van der Waals surface area contributed by atoms with E-state index in [4.69, 9.17) is 0 Å². The molecule has 1 aliphatic heterocycles. The standard InChI is InChI=1S/C21H21F2N3O3S2/c1-12-3-4-13(2)19-18(12)24-21(30-19)25-20(27)14-7-9-26(10-8-14)31(28,29)17-6-5-15(22)11-16(17)23/h3-6,11,14H,7-10H2,1-2H3,(H,24,25,27). The molecule has 1 fully saturated rings. The first-order chi connectivity index (χ1) is 14.7. The van der Waals surface area contributed by atoms with Crippen LogP contribution in [0.15, 0.2) is 35.2 Å². The highest BCUT2D eigenvalue weighted by Gasteiger charge is 2.34. The number of nitrogens with one attached hydrogen (secondary N) is 1. The summed E-state index contributed by atoms with van der Waals surface area (Å²) < 4.78 is 54.7. The zero-order valence-electron chi connectivity index (χ0n) is 17.0. The zero-order chi connectivity index (χ0) is 22.3. The molecule has 164 valence electrons. The van der Waals surface area contributed by atoms with Gasteiger partial charge in [-0.15, -0.1) is 0 Å². The van der Waals surface area contributed by atoms with Crippen LogP contribution in [0.2, 0.25) is 0 Å². The molecule has 1 saturated heterocycles. The number of carbonyl (C=O) groups excluding carboxylic acids is 1. The molecule has 0 bridgehead atoms. The minimum Gasteiger partial charge on any atom is -0.302 e. The SMILES string of the molecule is Cc1ccc(C)c2sc(NC(=O)C3CCN(S(=O)(=O)c4ccc(F)cc4F)CC3)nc12. The van der Waals surface area contributed by atoms with Gasteiger partial charge in [-0.05, 0) is 49.9 Å². The molecule has 6 nitrogen and oxygen atoms in total. The molecule has 0 spiro atoms. The largest absolute Gasteiger partial charge is 0.302 e. The van der Waals surface area contributed by atoms with Crippen LogP contribution in [0.5, 0.6) is 0 Å². The van der Waals surface area contributed by atoms with Gasteiger partial charge in [0.2, 0.25) is 15.9 Å². The highest BCUT2D eigenvalue weighted by molar-refractivity contribution is 7.89. The van der Waals surface area contributed by atoms with Crippen molar-refractivity contribution in [2.24, 2.45) is 5.92 Å². The third-order valence-electron chi connectivity index (χ3n) is 5.51. The molecule has 0 unspecified atom stereocenters. The molecule has 0 atom stereocenters. The van der Waals surface area contributed by atoms with Gasteiger partial charge in [0.1, 0.15) is 16.5 Å². The summed E-state index contributed by atoms with van der Waals surface area (Å²) in [5, 5.41) is 3.37. The summed E-state index contributed by atoms with van der Waals surface area (Å²) in [7, 11) is -4.09. The van der Waals surface area contributed by atoms with Gasteiger partial charge in [-0.3, -0.25) is 4.79 Å². The summed E-state index contributed by atoms with van der Waals surface area (Å²) in [5.41, 5.74) is 2.98. The van der Waals surface area contributed by atoms with Gasteiger partial charge in [-0.25, -0.2) is 22.2 Å². The molecular formula is C21H21F2N3O3S2. The summed E-state index contributed by atoms with van der Waals surface area (Å²) in [4.78, 5) is 16.7. The van der Waals surface area contributed by atoms with Crippen LogP contribution < -0.4 is 5.32 Å². The Balaban J connectivity index is 1.43. The number of fused-ring (bicyclic) bond motifs is 1. The number of piperidine rings is 1. The molecule has 1 amide bonds. The number of benzene rings is 2. The first kappa shape index (κ1) is 21.8. The topological polar surface area (TPSA) is 79.4 Å². The van der Waals surface area contributed by atoms with E-state index in [2.05, 4.69) is 10.3 Å². The summed E-state index contributed by atoms with van der Waals surface area (Å²) in [6.45, 7) is 4.11. The van der Waals surface area contributed by atoms with Gasteiger partial charge < -0.3 is 5.32 Å². The van der Waals surface area contributed by atoms with Crippen molar-refractivity contribution >= 4 is 42.6 Å². The number of sulfonamides is 1. The van der Waals surface area contributed by atoms with Crippen LogP contribution in [0.4, 0.5) is 13.9 Å². The zero-order valence-corrected chi connectivity index (χ0v) is 18.6. The van der Waals surface area contributed by atoms with Gasteiger partial charge in [-0.1, -0.05) is 23.5 Å². The molecule has 3 aromatic rings. The van der Waals surface area contributed by atoms with Crippen LogP contribution in [0.3, 0.4) is 0 Å². The van der Waals surface area contributed by atoms with Gasteiger partial charge >= 0.3 is 0 Å². The Morgan fingerprint density at radius 2 is 1.81 bits per heavy atom. The lowest BCUT2D eigenvalue weighted by atomic mass is 9.97. The van der Waals surface area contributed by atoms with Crippen molar-refractivity contribution in [3.05, 3.63) is 53.1 Å². The van der Waals surface area contributed by atoms with Crippen LogP contribution >= 0.6 is 11.3 Å². The van der Waals surface area contributed by atoms with Gasteiger partial charge in [-0.2, -0.15) is 4.31 Å². The molecular weight excluding hydrogens is 444 g/mol. The quantitative estimate of drug-likeness (QED) is 0.625. The molecule has 0 radical (unpaired) electrons. The number of aromatic nitrogens is 1. The van der Waals surface area contributed by atoms with Crippen molar-refractivity contribution in [1.82, 2.24) is 9.29 Å². The van der Waals surface area contributed by atoms with E-state index in [1.54, 1.807) is 0 Å². The molecule has 1 aliphatic rings. The number of carbonyl (C=O) groups is 1. The number of thiazole rings is 1. The second-order valence-electron chi connectivity index (χ2n) is 7.64. The van der Waals surface area contributed by atoms with Gasteiger partial charge in [0.25, 0.3) is 0 Å². The summed E-state index contributed by atoms with van der Waals surface area (Å²) in [6.07, 6.45) is 0.605.